The van der Waals surface area contributed by atoms with Crippen molar-refractivity contribution in [1.82, 2.24) is 9.99 Å². The number of halogens is 1. The van der Waals surface area contributed by atoms with Crippen LogP contribution in [0.3, 0.4) is 0 Å². The van der Waals surface area contributed by atoms with E-state index in [0.29, 0.717) is 0 Å². The largest absolute Gasteiger partial charge is 0.496 e. The van der Waals surface area contributed by atoms with Crippen molar-refractivity contribution in [3.8, 4) is 5.75 Å². The molecule has 20 heavy (non-hydrogen) atoms. The Morgan fingerprint density at radius 1 is 1.20 bits per heavy atom. The van der Waals surface area contributed by atoms with E-state index in [0.717, 1.165) is 41.5 Å². The Labute approximate surface area is 123 Å². The Balaban J connectivity index is 1.82. The number of rotatable bonds is 3. The fourth-order valence-electron chi connectivity index (χ4n) is 2.50. The van der Waals surface area contributed by atoms with E-state index in [2.05, 4.69) is 15.4 Å². The number of hydrazine groups is 1. The molecule has 0 spiro atoms. The van der Waals surface area contributed by atoms with Gasteiger partial charge in [0.1, 0.15) is 5.75 Å². The van der Waals surface area contributed by atoms with Crippen molar-refractivity contribution < 1.29 is 4.74 Å². The predicted octanol–water partition coefficient (Wildman–Crippen LogP) is 3.13. The van der Waals surface area contributed by atoms with Gasteiger partial charge in [0.25, 0.3) is 0 Å². The molecule has 1 aliphatic rings. The first-order chi connectivity index (χ1) is 9.78. The van der Waals surface area contributed by atoms with Crippen LogP contribution in [-0.4, -0.2) is 23.6 Å². The molecule has 1 aromatic heterocycles. The lowest BCUT2D eigenvalue weighted by atomic mass is 9.99. The van der Waals surface area contributed by atoms with Gasteiger partial charge in [0.05, 0.1) is 12.8 Å². The third-order valence-corrected chi connectivity index (χ3v) is 3.85. The molecule has 0 aliphatic carbocycles. The Hall–Kier alpha value is -1.78. The molecule has 1 aromatic carbocycles. The molecule has 1 N–H and O–H groups in total. The van der Waals surface area contributed by atoms with Crippen LogP contribution in [-0.2, 0) is 13.0 Å². The molecule has 3 rings (SSSR count). The lowest BCUT2D eigenvalue weighted by molar-refractivity contribution is 0.302. The van der Waals surface area contributed by atoms with Crippen molar-refractivity contribution in [2.75, 3.05) is 19.1 Å². The van der Waals surface area contributed by atoms with Gasteiger partial charge in [-0.15, -0.1) is 0 Å². The second-order valence-corrected chi connectivity index (χ2v) is 5.13. The summed E-state index contributed by atoms with van der Waals surface area (Å²) in [5.41, 5.74) is 6.76. The smallest absolute Gasteiger partial charge is 0.122 e. The number of methoxy groups -OCH3 is 1. The van der Waals surface area contributed by atoms with Crippen molar-refractivity contribution in [2.45, 2.75) is 13.0 Å². The molecule has 0 unspecified atom stereocenters. The molecule has 5 heteroatoms. The highest BCUT2D eigenvalue weighted by Crippen LogP contribution is 2.33. The number of ether oxygens (including phenoxy) is 1. The molecule has 0 radical (unpaired) electrons. The van der Waals surface area contributed by atoms with Gasteiger partial charge in [-0.1, -0.05) is 11.6 Å². The molecule has 0 saturated carbocycles. The minimum absolute atomic E-state index is 0.758. The fraction of sp³-hybridized carbons (Fsp3) is 0.267. The molecular weight excluding hydrogens is 274 g/mol. The molecule has 4 nitrogen and oxygen atoms in total. The van der Waals surface area contributed by atoms with Crippen LogP contribution in [0.15, 0.2) is 36.7 Å². The number of benzene rings is 1. The van der Waals surface area contributed by atoms with E-state index in [1.165, 1.54) is 5.56 Å². The van der Waals surface area contributed by atoms with E-state index in [1.54, 1.807) is 19.5 Å². The molecule has 2 aromatic rings. The van der Waals surface area contributed by atoms with Crippen molar-refractivity contribution in [3.63, 3.8) is 0 Å². The molecule has 0 atom stereocenters. The van der Waals surface area contributed by atoms with E-state index >= 15 is 0 Å². The number of aromatic nitrogens is 1. The first-order valence-corrected chi connectivity index (χ1v) is 6.91. The Morgan fingerprint density at radius 2 is 2.00 bits per heavy atom. The van der Waals surface area contributed by atoms with Gasteiger partial charge in [0.15, 0.2) is 0 Å². The molecular formula is C15H16ClN3O. The lowest BCUT2D eigenvalue weighted by Crippen LogP contribution is -2.35. The monoisotopic (exact) mass is 289 g/mol. The summed E-state index contributed by atoms with van der Waals surface area (Å²) >= 11 is 6.32. The van der Waals surface area contributed by atoms with Crippen LogP contribution in [0.2, 0.25) is 5.02 Å². The normalized spacial score (nSPS) is 14.7. The minimum atomic E-state index is 0.758. The van der Waals surface area contributed by atoms with Gasteiger partial charge < -0.3 is 10.2 Å². The van der Waals surface area contributed by atoms with Crippen LogP contribution in [0.5, 0.6) is 5.75 Å². The SMILES string of the molecule is COc1ccc(Cl)c2c1CCN(Nc1ccncc1)C2. The Bertz CT molecular complexity index is 604. The third kappa shape index (κ3) is 2.57. The average molecular weight is 290 g/mol. The van der Waals surface area contributed by atoms with Crippen molar-refractivity contribution in [1.29, 1.82) is 0 Å². The van der Waals surface area contributed by atoms with Crippen LogP contribution in [0.1, 0.15) is 11.1 Å². The highest BCUT2D eigenvalue weighted by atomic mass is 35.5. The molecule has 0 amide bonds. The van der Waals surface area contributed by atoms with Crippen LogP contribution >= 0.6 is 11.6 Å². The van der Waals surface area contributed by atoms with Crippen LogP contribution in [0.25, 0.3) is 0 Å². The van der Waals surface area contributed by atoms with Gasteiger partial charge in [-0.05, 0) is 36.2 Å². The number of fused-ring (bicyclic) bond motifs is 1. The zero-order valence-electron chi connectivity index (χ0n) is 11.3. The minimum Gasteiger partial charge on any atom is -0.496 e. The number of nitrogens with one attached hydrogen (secondary N) is 1. The number of anilines is 1. The number of nitrogens with zero attached hydrogens (tertiary/aromatic N) is 2. The summed E-state index contributed by atoms with van der Waals surface area (Å²) in [4.78, 5) is 4.02. The lowest BCUT2D eigenvalue weighted by Gasteiger charge is -2.31. The first kappa shape index (κ1) is 13.2. The Morgan fingerprint density at radius 3 is 2.75 bits per heavy atom. The summed E-state index contributed by atoms with van der Waals surface area (Å²) in [7, 11) is 1.70. The fourth-order valence-corrected chi connectivity index (χ4v) is 2.74. The summed E-state index contributed by atoms with van der Waals surface area (Å²) in [6, 6.07) is 7.73. The van der Waals surface area contributed by atoms with E-state index in [9.17, 15) is 0 Å². The molecule has 2 heterocycles. The maximum atomic E-state index is 6.32. The summed E-state index contributed by atoms with van der Waals surface area (Å²) in [5, 5.41) is 2.95. The van der Waals surface area contributed by atoms with Gasteiger partial charge in [-0.25, -0.2) is 5.01 Å². The van der Waals surface area contributed by atoms with Gasteiger partial charge >= 0.3 is 0 Å². The third-order valence-electron chi connectivity index (χ3n) is 3.50. The maximum absolute atomic E-state index is 6.32. The van der Waals surface area contributed by atoms with Gasteiger partial charge in [0.2, 0.25) is 0 Å². The van der Waals surface area contributed by atoms with E-state index in [-0.39, 0.29) is 0 Å². The molecule has 1 aliphatic heterocycles. The Kier molecular flexibility index (Phi) is 3.76. The van der Waals surface area contributed by atoms with E-state index < -0.39 is 0 Å². The van der Waals surface area contributed by atoms with E-state index in [4.69, 9.17) is 16.3 Å². The molecule has 0 saturated heterocycles. The number of hydrogen-bond acceptors (Lipinski definition) is 4. The van der Waals surface area contributed by atoms with Gasteiger partial charge in [0, 0.05) is 36.1 Å². The van der Waals surface area contributed by atoms with Crippen molar-refractivity contribution >= 4 is 17.3 Å². The topological polar surface area (TPSA) is 37.4 Å². The van der Waals surface area contributed by atoms with Crippen molar-refractivity contribution in [2.24, 2.45) is 0 Å². The highest BCUT2D eigenvalue weighted by molar-refractivity contribution is 6.31. The first-order valence-electron chi connectivity index (χ1n) is 6.54. The zero-order valence-corrected chi connectivity index (χ0v) is 12.0. The number of hydrogen-bond donors (Lipinski definition) is 1. The second kappa shape index (κ2) is 5.69. The second-order valence-electron chi connectivity index (χ2n) is 4.73. The van der Waals surface area contributed by atoms with Crippen LogP contribution in [0.4, 0.5) is 5.69 Å². The molecule has 104 valence electrons. The van der Waals surface area contributed by atoms with E-state index in [1.807, 2.05) is 24.3 Å². The van der Waals surface area contributed by atoms with Crippen molar-refractivity contribution in [3.05, 3.63) is 52.8 Å². The average Bonchev–Trinajstić information content (AvgIpc) is 2.49. The zero-order chi connectivity index (χ0) is 13.9. The highest BCUT2D eigenvalue weighted by Gasteiger charge is 2.21. The maximum Gasteiger partial charge on any atom is 0.122 e. The number of pyridine rings is 1. The molecule has 0 fully saturated rings. The standard InChI is InChI=1S/C15H16ClN3O/c1-20-15-3-2-14(16)13-10-19(9-6-12(13)15)18-11-4-7-17-8-5-11/h2-5,7-8H,6,9-10H2,1H3,(H,17,18). The predicted molar refractivity (Wildman–Crippen MR) is 80.0 cm³/mol. The quantitative estimate of drug-likeness (QED) is 0.942. The summed E-state index contributed by atoms with van der Waals surface area (Å²) in [6.45, 7) is 1.67. The molecule has 0 bridgehead atoms. The summed E-state index contributed by atoms with van der Waals surface area (Å²) in [6.07, 6.45) is 4.46. The van der Waals surface area contributed by atoms with Gasteiger partial charge in [-0.3, -0.25) is 4.98 Å². The summed E-state index contributed by atoms with van der Waals surface area (Å²) < 4.78 is 5.42. The van der Waals surface area contributed by atoms with Gasteiger partial charge in [-0.2, -0.15) is 0 Å². The summed E-state index contributed by atoms with van der Waals surface area (Å²) in [5.74, 6) is 0.924. The van der Waals surface area contributed by atoms with Crippen LogP contribution < -0.4 is 10.2 Å². The van der Waals surface area contributed by atoms with Crippen LogP contribution in [0, 0.1) is 0 Å².